The molecule has 0 spiro atoms. The molecule has 1 aromatic rings. The van der Waals surface area contributed by atoms with Crippen LogP contribution in [0.1, 0.15) is 31.2 Å². The average molecular weight is 277 g/mol. The molecule has 1 fully saturated rings. The summed E-state index contributed by atoms with van der Waals surface area (Å²) in [5, 5.41) is 14.3. The smallest absolute Gasteiger partial charge is 0.271 e. The van der Waals surface area contributed by atoms with Crippen molar-refractivity contribution in [1.29, 1.82) is 0 Å². The number of nitro groups is 1. The van der Waals surface area contributed by atoms with Crippen molar-refractivity contribution in [3.05, 3.63) is 33.9 Å². The number of hydrogen-bond acceptors (Lipinski definition) is 4. The maximum absolute atomic E-state index is 10.9. The van der Waals surface area contributed by atoms with Gasteiger partial charge in [-0.25, -0.2) is 0 Å². The first-order chi connectivity index (χ1) is 9.52. The fourth-order valence-corrected chi connectivity index (χ4v) is 3.04. The van der Waals surface area contributed by atoms with Gasteiger partial charge in [-0.3, -0.25) is 10.1 Å². The molecule has 0 unspecified atom stereocenters. The number of anilines is 1. The minimum Gasteiger partial charge on any atom is -0.371 e. The maximum Gasteiger partial charge on any atom is 0.271 e. The fraction of sp³-hybridized carbons (Fsp3) is 0.600. The molecule has 0 aliphatic heterocycles. The van der Waals surface area contributed by atoms with E-state index < -0.39 is 0 Å². The minimum absolute atomic E-state index is 0.168. The van der Waals surface area contributed by atoms with Crippen molar-refractivity contribution < 1.29 is 4.92 Å². The van der Waals surface area contributed by atoms with Crippen LogP contribution in [-0.2, 0) is 0 Å². The molecule has 0 radical (unpaired) electrons. The van der Waals surface area contributed by atoms with E-state index in [2.05, 4.69) is 17.3 Å². The van der Waals surface area contributed by atoms with Gasteiger partial charge in [-0.2, -0.15) is 0 Å². The molecular formula is C15H23N3O2. The van der Waals surface area contributed by atoms with Crippen molar-refractivity contribution >= 4 is 11.4 Å². The van der Waals surface area contributed by atoms with Crippen molar-refractivity contribution in [2.24, 2.45) is 0 Å². The molecule has 5 heteroatoms. The average Bonchev–Trinajstić information content (AvgIpc) is 2.47. The van der Waals surface area contributed by atoms with E-state index in [1.54, 1.807) is 12.1 Å². The predicted octanol–water partition coefficient (Wildman–Crippen LogP) is 2.87. The summed E-state index contributed by atoms with van der Waals surface area (Å²) in [5.74, 6) is 0. The van der Waals surface area contributed by atoms with Gasteiger partial charge in [0.2, 0.25) is 0 Å². The lowest BCUT2D eigenvalue weighted by Crippen LogP contribution is -2.40. The van der Waals surface area contributed by atoms with Crippen LogP contribution in [0, 0.1) is 17.0 Å². The fourth-order valence-electron chi connectivity index (χ4n) is 3.04. The van der Waals surface area contributed by atoms with Crippen molar-refractivity contribution in [2.75, 3.05) is 19.0 Å². The highest BCUT2D eigenvalue weighted by atomic mass is 16.6. The van der Waals surface area contributed by atoms with Crippen molar-refractivity contribution in [3.8, 4) is 0 Å². The molecule has 0 saturated heterocycles. The molecule has 0 heterocycles. The normalized spacial score (nSPS) is 22.6. The molecule has 1 aliphatic rings. The van der Waals surface area contributed by atoms with Crippen LogP contribution >= 0.6 is 0 Å². The summed E-state index contributed by atoms with van der Waals surface area (Å²) in [7, 11) is 4.07. The van der Waals surface area contributed by atoms with Gasteiger partial charge in [-0.1, -0.05) is 6.07 Å². The summed E-state index contributed by atoms with van der Waals surface area (Å²) in [6.45, 7) is 2.01. The quantitative estimate of drug-likeness (QED) is 0.679. The van der Waals surface area contributed by atoms with Gasteiger partial charge >= 0.3 is 0 Å². The van der Waals surface area contributed by atoms with E-state index >= 15 is 0 Å². The standard InChI is InChI=1S/C15H23N3O2/c1-11-4-7-14(18(19)20)10-15(11)17(3)13-8-5-12(16-2)6-9-13/h4,7,10,12-13,16H,5-6,8-9H2,1-3H3. The first-order valence-electron chi connectivity index (χ1n) is 7.18. The van der Waals surface area contributed by atoms with Crippen molar-refractivity contribution in [3.63, 3.8) is 0 Å². The molecule has 0 atom stereocenters. The van der Waals surface area contributed by atoms with E-state index in [0.29, 0.717) is 12.1 Å². The summed E-state index contributed by atoms with van der Waals surface area (Å²) < 4.78 is 0. The van der Waals surface area contributed by atoms with Gasteiger partial charge in [0.1, 0.15) is 0 Å². The third-order valence-electron chi connectivity index (χ3n) is 4.44. The monoisotopic (exact) mass is 277 g/mol. The molecule has 1 aliphatic carbocycles. The second-order valence-corrected chi connectivity index (χ2v) is 5.63. The van der Waals surface area contributed by atoms with Crippen LogP contribution in [0.5, 0.6) is 0 Å². The highest BCUT2D eigenvalue weighted by molar-refractivity contribution is 5.58. The highest BCUT2D eigenvalue weighted by Gasteiger charge is 2.24. The maximum atomic E-state index is 10.9. The molecule has 5 nitrogen and oxygen atoms in total. The summed E-state index contributed by atoms with van der Waals surface area (Å²) in [5.41, 5.74) is 2.24. The number of hydrogen-bond donors (Lipinski definition) is 1. The number of nitro benzene ring substituents is 1. The molecule has 0 bridgehead atoms. The molecule has 110 valence electrons. The van der Waals surface area contributed by atoms with Crippen LogP contribution < -0.4 is 10.2 Å². The summed E-state index contributed by atoms with van der Waals surface area (Å²) in [6, 6.07) is 6.19. The molecule has 20 heavy (non-hydrogen) atoms. The van der Waals surface area contributed by atoms with Gasteiger partial charge in [-0.15, -0.1) is 0 Å². The zero-order valence-electron chi connectivity index (χ0n) is 12.4. The number of non-ortho nitro benzene ring substituents is 1. The van der Waals surface area contributed by atoms with Gasteiger partial charge in [0.15, 0.2) is 0 Å². The van der Waals surface area contributed by atoms with Gasteiger partial charge in [0.05, 0.1) is 4.92 Å². The highest BCUT2D eigenvalue weighted by Crippen LogP contribution is 2.30. The zero-order valence-corrected chi connectivity index (χ0v) is 12.4. The molecule has 0 amide bonds. The van der Waals surface area contributed by atoms with E-state index in [0.717, 1.165) is 24.1 Å². The molecular weight excluding hydrogens is 254 g/mol. The predicted molar refractivity (Wildman–Crippen MR) is 81.3 cm³/mol. The molecule has 1 saturated carbocycles. The first-order valence-corrected chi connectivity index (χ1v) is 7.18. The van der Waals surface area contributed by atoms with E-state index in [-0.39, 0.29) is 10.6 Å². The minimum atomic E-state index is -0.325. The van der Waals surface area contributed by atoms with E-state index in [1.165, 1.54) is 12.8 Å². The second kappa shape index (κ2) is 6.22. The lowest BCUT2D eigenvalue weighted by atomic mass is 9.90. The Morgan fingerprint density at radius 1 is 1.30 bits per heavy atom. The van der Waals surface area contributed by atoms with Crippen LogP contribution in [0.2, 0.25) is 0 Å². The topological polar surface area (TPSA) is 58.4 Å². The lowest BCUT2D eigenvalue weighted by molar-refractivity contribution is -0.384. The number of benzene rings is 1. The van der Waals surface area contributed by atoms with Crippen LogP contribution in [-0.4, -0.2) is 31.1 Å². The number of aryl methyl sites for hydroxylation is 1. The first kappa shape index (κ1) is 14.8. The van der Waals surface area contributed by atoms with Gasteiger partial charge < -0.3 is 10.2 Å². The molecule has 1 aromatic carbocycles. The molecule has 2 rings (SSSR count). The van der Waals surface area contributed by atoms with Crippen molar-refractivity contribution in [1.82, 2.24) is 5.32 Å². The van der Waals surface area contributed by atoms with E-state index in [1.807, 2.05) is 20.0 Å². The summed E-state index contributed by atoms with van der Waals surface area (Å²) in [4.78, 5) is 12.8. The summed E-state index contributed by atoms with van der Waals surface area (Å²) >= 11 is 0. The zero-order chi connectivity index (χ0) is 14.7. The Morgan fingerprint density at radius 2 is 1.95 bits per heavy atom. The van der Waals surface area contributed by atoms with Gasteiger partial charge in [0, 0.05) is 37.0 Å². The Hall–Kier alpha value is -1.62. The second-order valence-electron chi connectivity index (χ2n) is 5.63. The van der Waals surface area contributed by atoms with Crippen LogP contribution in [0.15, 0.2) is 18.2 Å². The molecule has 1 N–H and O–H groups in total. The molecule has 0 aromatic heterocycles. The van der Waals surface area contributed by atoms with Crippen LogP contribution in [0.4, 0.5) is 11.4 Å². The Morgan fingerprint density at radius 3 is 2.50 bits per heavy atom. The number of rotatable bonds is 4. The Bertz CT molecular complexity index is 482. The van der Waals surface area contributed by atoms with Crippen molar-refractivity contribution in [2.45, 2.75) is 44.7 Å². The van der Waals surface area contributed by atoms with Gasteiger partial charge in [0.25, 0.3) is 5.69 Å². The summed E-state index contributed by atoms with van der Waals surface area (Å²) in [6.07, 6.45) is 4.59. The van der Waals surface area contributed by atoms with E-state index in [4.69, 9.17) is 0 Å². The van der Waals surface area contributed by atoms with Crippen LogP contribution in [0.3, 0.4) is 0 Å². The largest absolute Gasteiger partial charge is 0.371 e. The van der Waals surface area contributed by atoms with Crippen LogP contribution in [0.25, 0.3) is 0 Å². The number of nitrogens with one attached hydrogen (secondary N) is 1. The SMILES string of the molecule is CNC1CCC(N(C)c2cc([N+](=O)[O-])ccc2C)CC1. The Labute approximate surface area is 120 Å². The van der Waals surface area contributed by atoms with E-state index in [9.17, 15) is 10.1 Å². The lowest BCUT2D eigenvalue weighted by Gasteiger charge is -2.36. The Balaban J connectivity index is 2.14. The number of nitrogens with zero attached hydrogens (tertiary/aromatic N) is 2. The van der Waals surface area contributed by atoms with Gasteiger partial charge in [-0.05, 0) is 45.2 Å². The Kier molecular flexibility index (Phi) is 4.60. The third-order valence-corrected chi connectivity index (χ3v) is 4.44. The third kappa shape index (κ3) is 3.10.